The van der Waals surface area contributed by atoms with E-state index in [1.165, 1.54) is 11.5 Å². The molecule has 0 bridgehead atoms. The molecule has 1 rings (SSSR count). The van der Waals surface area contributed by atoms with Crippen molar-refractivity contribution >= 4 is 11.5 Å². The number of hydrogen-bond acceptors (Lipinski definition) is 4. The van der Waals surface area contributed by atoms with Gasteiger partial charge in [0.25, 0.3) is 0 Å². The Labute approximate surface area is 82.7 Å². The summed E-state index contributed by atoms with van der Waals surface area (Å²) in [5.74, 6) is 5.92. The summed E-state index contributed by atoms with van der Waals surface area (Å²) in [4.78, 5) is 0. The van der Waals surface area contributed by atoms with Gasteiger partial charge in [-0.2, -0.15) is 0 Å². The van der Waals surface area contributed by atoms with Crippen molar-refractivity contribution in [3.05, 3.63) is 11.1 Å². The van der Waals surface area contributed by atoms with Crippen molar-refractivity contribution < 1.29 is 0 Å². The lowest BCUT2D eigenvalue weighted by atomic mass is 10.1. The summed E-state index contributed by atoms with van der Waals surface area (Å²) >= 11 is 1.39. The molecule has 0 saturated carbocycles. The minimum atomic E-state index is 0.291. The summed E-state index contributed by atoms with van der Waals surface area (Å²) in [5, 5.41) is 9.20. The Morgan fingerprint density at radius 1 is 1.69 bits per heavy atom. The van der Waals surface area contributed by atoms with Gasteiger partial charge in [0.05, 0.1) is 11.7 Å². The molecule has 0 radical (unpaired) electrons. The van der Waals surface area contributed by atoms with Gasteiger partial charge in [0, 0.05) is 11.8 Å². The van der Waals surface area contributed by atoms with E-state index in [4.69, 9.17) is 0 Å². The molecule has 0 spiro atoms. The second kappa shape index (κ2) is 5.68. The summed E-state index contributed by atoms with van der Waals surface area (Å²) in [5.41, 5.74) is 1.02. The highest BCUT2D eigenvalue weighted by atomic mass is 32.1. The predicted octanol–water partition coefficient (Wildman–Crippen LogP) is 1.60. The minimum Gasteiger partial charge on any atom is -0.312 e. The predicted molar refractivity (Wildman–Crippen MR) is 54.4 cm³/mol. The van der Waals surface area contributed by atoms with Gasteiger partial charge in [-0.1, -0.05) is 4.49 Å². The van der Waals surface area contributed by atoms with Crippen LogP contribution in [0.2, 0.25) is 0 Å². The second-order valence-corrected chi connectivity index (χ2v) is 3.25. The van der Waals surface area contributed by atoms with Crippen LogP contribution in [0.1, 0.15) is 31.5 Å². The molecule has 13 heavy (non-hydrogen) atoms. The first-order valence-corrected chi connectivity index (χ1v) is 5.06. The minimum absolute atomic E-state index is 0.291. The molecule has 0 saturated heterocycles. The van der Waals surface area contributed by atoms with Crippen LogP contribution in [-0.4, -0.2) is 16.6 Å². The third-order valence-corrected chi connectivity index (χ3v) is 2.34. The van der Waals surface area contributed by atoms with E-state index in [-0.39, 0.29) is 0 Å². The summed E-state index contributed by atoms with van der Waals surface area (Å²) in [7, 11) is 1.93. The molecular formula is C9H13N3S. The lowest BCUT2D eigenvalue weighted by Crippen LogP contribution is -2.16. The largest absolute Gasteiger partial charge is 0.312 e. The van der Waals surface area contributed by atoms with E-state index < -0.39 is 0 Å². The highest BCUT2D eigenvalue weighted by molar-refractivity contribution is 7.03. The summed E-state index contributed by atoms with van der Waals surface area (Å²) in [6, 6.07) is 0.291. The topological polar surface area (TPSA) is 37.8 Å². The highest BCUT2D eigenvalue weighted by Crippen LogP contribution is 2.15. The van der Waals surface area contributed by atoms with Crippen LogP contribution in [0, 0.1) is 11.8 Å². The molecule has 1 aromatic rings. The zero-order valence-electron chi connectivity index (χ0n) is 7.87. The van der Waals surface area contributed by atoms with Crippen molar-refractivity contribution in [1.82, 2.24) is 14.9 Å². The van der Waals surface area contributed by atoms with Crippen LogP contribution < -0.4 is 5.32 Å². The first-order chi connectivity index (χ1) is 6.38. The Morgan fingerprint density at radius 3 is 3.08 bits per heavy atom. The molecular weight excluding hydrogens is 182 g/mol. The fourth-order valence-corrected chi connectivity index (χ4v) is 1.61. The third-order valence-electron chi connectivity index (χ3n) is 1.82. The molecule has 1 N–H and O–H groups in total. The highest BCUT2D eigenvalue weighted by Gasteiger charge is 2.10. The summed E-state index contributed by atoms with van der Waals surface area (Å²) < 4.78 is 3.83. The third kappa shape index (κ3) is 3.13. The fraction of sp³-hybridized carbons (Fsp3) is 0.556. The number of nitrogens with one attached hydrogen (secondary N) is 1. The van der Waals surface area contributed by atoms with Crippen molar-refractivity contribution in [3.8, 4) is 11.8 Å². The number of aromatic nitrogens is 2. The molecule has 0 aliphatic rings. The van der Waals surface area contributed by atoms with Crippen molar-refractivity contribution in [2.45, 2.75) is 25.8 Å². The van der Waals surface area contributed by atoms with Crippen LogP contribution in [0.3, 0.4) is 0 Å². The van der Waals surface area contributed by atoms with Gasteiger partial charge in [-0.25, -0.2) is 0 Å². The fourth-order valence-electron chi connectivity index (χ4n) is 1.11. The lowest BCUT2D eigenvalue weighted by Gasteiger charge is -2.10. The van der Waals surface area contributed by atoms with Gasteiger partial charge in [0.15, 0.2) is 0 Å². The monoisotopic (exact) mass is 195 g/mol. The van der Waals surface area contributed by atoms with Gasteiger partial charge in [0.1, 0.15) is 0 Å². The molecule has 0 amide bonds. The molecule has 1 unspecified atom stereocenters. The smallest absolute Gasteiger partial charge is 0.0924 e. The van der Waals surface area contributed by atoms with Crippen LogP contribution in [-0.2, 0) is 0 Å². The van der Waals surface area contributed by atoms with Crippen molar-refractivity contribution in [2.75, 3.05) is 7.05 Å². The van der Waals surface area contributed by atoms with Crippen molar-refractivity contribution in [1.29, 1.82) is 0 Å². The molecule has 1 atom stereocenters. The second-order valence-electron chi connectivity index (χ2n) is 2.64. The maximum atomic E-state index is 4.02. The quantitative estimate of drug-likeness (QED) is 0.742. The van der Waals surface area contributed by atoms with Crippen LogP contribution in [0.5, 0.6) is 0 Å². The molecule has 0 aliphatic heterocycles. The number of hydrogen-bond donors (Lipinski definition) is 1. The molecule has 0 fully saturated rings. The Bertz CT molecular complexity index is 284. The van der Waals surface area contributed by atoms with Crippen molar-refractivity contribution in [3.63, 3.8) is 0 Å². The van der Waals surface area contributed by atoms with Gasteiger partial charge in [-0.05, 0) is 31.9 Å². The van der Waals surface area contributed by atoms with E-state index in [1.807, 2.05) is 19.4 Å². The van der Waals surface area contributed by atoms with E-state index in [0.29, 0.717) is 6.04 Å². The Kier molecular flexibility index (Phi) is 4.44. The van der Waals surface area contributed by atoms with E-state index in [1.54, 1.807) is 0 Å². The van der Waals surface area contributed by atoms with E-state index >= 15 is 0 Å². The molecule has 1 aromatic heterocycles. The summed E-state index contributed by atoms with van der Waals surface area (Å²) in [6.45, 7) is 1.86. The van der Waals surface area contributed by atoms with Crippen molar-refractivity contribution in [2.24, 2.45) is 0 Å². The van der Waals surface area contributed by atoms with Crippen LogP contribution in [0.15, 0.2) is 5.38 Å². The van der Waals surface area contributed by atoms with E-state index in [0.717, 1.165) is 18.5 Å². The molecule has 70 valence electrons. The molecule has 0 aliphatic carbocycles. The molecule has 4 heteroatoms. The summed E-state index contributed by atoms with van der Waals surface area (Å²) in [6.07, 6.45) is 1.89. The zero-order chi connectivity index (χ0) is 9.52. The Hall–Kier alpha value is -0.920. The molecule has 0 aromatic carbocycles. The lowest BCUT2D eigenvalue weighted by molar-refractivity contribution is 0.543. The van der Waals surface area contributed by atoms with Crippen LogP contribution in [0.25, 0.3) is 0 Å². The number of rotatable bonds is 4. The van der Waals surface area contributed by atoms with Gasteiger partial charge in [0.2, 0.25) is 0 Å². The Balaban J connectivity index is 2.47. The maximum absolute atomic E-state index is 4.02. The van der Waals surface area contributed by atoms with Gasteiger partial charge < -0.3 is 5.32 Å². The first-order valence-electron chi connectivity index (χ1n) is 4.22. The van der Waals surface area contributed by atoms with Gasteiger partial charge in [-0.15, -0.1) is 16.9 Å². The standard InChI is InChI=1S/C9H13N3S/c1-3-4-5-6-8(10-2)9-7-13-12-11-9/h7-8,10H,5-6H2,1-2H3. The normalized spacial score (nSPS) is 11.8. The van der Waals surface area contributed by atoms with Crippen LogP contribution >= 0.6 is 11.5 Å². The molecule has 1 heterocycles. The molecule has 3 nitrogen and oxygen atoms in total. The van der Waals surface area contributed by atoms with E-state index in [2.05, 4.69) is 26.7 Å². The SMILES string of the molecule is CC#CCCC(NC)c1csnn1. The number of nitrogens with zero attached hydrogens (tertiary/aromatic N) is 2. The van der Waals surface area contributed by atoms with Gasteiger partial charge in [-0.3, -0.25) is 0 Å². The van der Waals surface area contributed by atoms with Crippen LogP contribution in [0.4, 0.5) is 0 Å². The zero-order valence-corrected chi connectivity index (χ0v) is 8.69. The van der Waals surface area contributed by atoms with Gasteiger partial charge >= 0.3 is 0 Å². The Morgan fingerprint density at radius 2 is 2.54 bits per heavy atom. The first kappa shape index (κ1) is 10.2. The average Bonchev–Trinajstić information content (AvgIpc) is 2.65. The van der Waals surface area contributed by atoms with E-state index in [9.17, 15) is 0 Å². The maximum Gasteiger partial charge on any atom is 0.0924 e. The average molecular weight is 195 g/mol.